The molecule has 1 aromatic rings. The SMILES string of the molecule is COc1ccsc1[Si](C)(C)C. The minimum Gasteiger partial charge on any atom is -0.496 e. The molecule has 0 bridgehead atoms. The monoisotopic (exact) mass is 186 g/mol. The first-order valence-corrected chi connectivity index (χ1v) is 8.05. The Hall–Kier alpha value is -0.283. The summed E-state index contributed by atoms with van der Waals surface area (Å²) in [5.41, 5.74) is 0. The molecule has 1 rings (SSSR count). The molecule has 0 aliphatic carbocycles. The van der Waals surface area contributed by atoms with E-state index in [1.807, 2.05) is 11.3 Å². The Labute approximate surface area is 73.0 Å². The standard InChI is InChI=1S/C8H14OSSi/c1-9-7-5-6-10-8(7)11(2,3)4/h5-6H,1-4H3. The van der Waals surface area contributed by atoms with Crippen molar-refractivity contribution in [3.63, 3.8) is 0 Å². The average molecular weight is 186 g/mol. The van der Waals surface area contributed by atoms with Crippen molar-refractivity contribution in [2.75, 3.05) is 7.11 Å². The quantitative estimate of drug-likeness (QED) is 0.644. The minimum atomic E-state index is -1.15. The van der Waals surface area contributed by atoms with Gasteiger partial charge >= 0.3 is 0 Å². The van der Waals surface area contributed by atoms with E-state index in [1.54, 1.807) is 7.11 Å². The van der Waals surface area contributed by atoms with E-state index in [0.717, 1.165) is 5.75 Å². The zero-order valence-corrected chi connectivity index (χ0v) is 9.29. The molecule has 0 fully saturated rings. The summed E-state index contributed by atoms with van der Waals surface area (Å²) in [4.78, 5) is 0. The highest BCUT2D eigenvalue weighted by molar-refractivity contribution is 7.25. The molecule has 0 N–H and O–H groups in total. The second-order valence-corrected chi connectivity index (χ2v) is 9.85. The molecule has 0 atom stereocenters. The summed E-state index contributed by atoms with van der Waals surface area (Å²) in [6.07, 6.45) is 0. The molecule has 0 aromatic carbocycles. The van der Waals surface area contributed by atoms with Crippen molar-refractivity contribution in [1.82, 2.24) is 0 Å². The number of rotatable bonds is 2. The molecule has 0 saturated heterocycles. The smallest absolute Gasteiger partial charge is 0.128 e. The first kappa shape index (κ1) is 8.81. The van der Waals surface area contributed by atoms with Crippen molar-refractivity contribution in [1.29, 1.82) is 0 Å². The maximum atomic E-state index is 5.26. The first-order valence-electron chi connectivity index (χ1n) is 3.67. The average Bonchev–Trinajstić information content (AvgIpc) is 2.31. The van der Waals surface area contributed by atoms with Crippen molar-refractivity contribution in [3.8, 4) is 5.75 Å². The number of ether oxygens (including phenoxy) is 1. The second-order valence-electron chi connectivity index (χ2n) is 3.57. The number of methoxy groups -OCH3 is 1. The predicted molar refractivity (Wildman–Crippen MR) is 53.9 cm³/mol. The van der Waals surface area contributed by atoms with Crippen molar-refractivity contribution >= 4 is 23.9 Å². The predicted octanol–water partition coefficient (Wildman–Crippen LogP) is 2.30. The molecular formula is C8H14OSSi. The van der Waals surface area contributed by atoms with E-state index < -0.39 is 8.07 Å². The third-order valence-electron chi connectivity index (χ3n) is 1.53. The van der Waals surface area contributed by atoms with Crippen LogP contribution in [0.4, 0.5) is 0 Å². The number of hydrogen-bond donors (Lipinski definition) is 0. The minimum absolute atomic E-state index is 1.08. The molecule has 0 radical (unpaired) electrons. The van der Waals surface area contributed by atoms with E-state index in [2.05, 4.69) is 31.1 Å². The first-order chi connectivity index (χ1) is 5.05. The molecule has 62 valence electrons. The fourth-order valence-electron chi connectivity index (χ4n) is 1.00. The number of thiophene rings is 1. The molecule has 0 unspecified atom stereocenters. The van der Waals surface area contributed by atoms with Gasteiger partial charge in [-0.3, -0.25) is 0 Å². The van der Waals surface area contributed by atoms with Crippen LogP contribution in [0.5, 0.6) is 5.75 Å². The zero-order chi connectivity index (χ0) is 8.48. The topological polar surface area (TPSA) is 9.23 Å². The van der Waals surface area contributed by atoms with Gasteiger partial charge in [-0.05, 0) is 11.4 Å². The molecular weight excluding hydrogens is 172 g/mol. The van der Waals surface area contributed by atoms with Crippen LogP contribution >= 0.6 is 11.3 Å². The van der Waals surface area contributed by atoms with Crippen LogP contribution in [0.15, 0.2) is 11.4 Å². The molecule has 1 aromatic heterocycles. The summed E-state index contributed by atoms with van der Waals surface area (Å²) in [5.74, 6) is 1.08. The summed E-state index contributed by atoms with van der Waals surface area (Å²) in [5, 5.41) is 2.10. The van der Waals surface area contributed by atoms with Gasteiger partial charge in [0.25, 0.3) is 0 Å². The van der Waals surface area contributed by atoms with Gasteiger partial charge in [0.15, 0.2) is 0 Å². The van der Waals surface area contributed by atoms with Crippen molar-refractivity contribution < 1.29 is 4.74 Å². The number of hydrogen-bond acceptors (Lipinski definition) is 2. The van der Waals surface area contributed by atoms with Crippen LogP contribution in [-0.4, -0.2) is 15.2 Å². The molecule has 1 heterocycles. The van der Waals surface area contributed by atoms with Crippen LogP contribution in [0, 0.1) is 0 Å². The third kappa shape index (κ3) is 1.84. The van der Waals surface area contributed by atoms with Crippen LogP contribution in [-0.2, 0) is 0 Å². The summed E-state index contributed by atoms with van der Waals surface area (Å²) in [6, 6.07) is 2.05. The molecule has 0 saturated carbocycles. The summed E-state index contributed by atoms with van der Waals surface area (Å²) in [6.45, 7) is 7.00. The van der Waals surface area contributed by atoms with Gasteiger partial charge in [-0.1, -0.05) is 19.6 Å². The highest BCUT2D eigenvalue weighted by Crippen LogP contribution is 2.18. The Bertz CT molecular complexity index is 236. The lowest BCUT2D eigenvalue weighted by Crippen LogP contribution is -2.35. The molecule has 0 aliphatic rings. The highest BCUT2D eigenvalue weighted by Gasteiger charge is 2.21. The van der Waals surface area contributed by atoms with Gasteiger partial charge in [-0.25, -0.2) is 0 Å². The fourth-order valence-corrected chi connectivity index (χ4v) is 4.14. The van der Waals surface area contributed by atoms with Gasteiger partial charge in [0.1, 0.15) is 5.75 Å². The lowest BCUT2D eigenvalue weighted by Gasteiger charge is -2.15. The molecule has 0 spiro atoms. The van der Waals surface area contributed by atoms with Gasteiger partial charge in [0.2, 0.25) is 0 Å². The molecule has 0 amide bonds. The van der Waals surface area contributed by atoms with Crippen molar-refractivity contribution in [2.24, 2.45) is 0 Å². The van der Waals surface area contributed by atoms with E-state index in [-0.39, 0.29) is 0 Å². The van der Waals surface area contributed by atoms with E-state index in [0.29, 0.717) is 0 Å². The van der Waals surface area contributed by atoms with E-state index in [1.165, 1.54) is 4.50 Å². The Morgan fingerprint density at radius 3 is 2.36 bits per heavy atom. The normalized spacial score (nSPS) is 11.6. The summed E-state index contributed by atoms with van der Waals surface area (Å²) >= 11 is 1.82. The van der Waals surface area contributed by atoms with Crippen LogP contribution in [0.1, 0.15) is 0 Å². The van der Waals surface area contributed by atoms with Gasteiger partial charge in [-0.15, -0.1) is 11.3 Å². The lowest BCUT2D eigenvalue weighted by molar-refractivity contribution is 0.419. The lowest BCUT2D eigenvalue weighted by atomic mass is 10.6. The molecule has 11 heavy (non-hydrogen) atoms. The maximum Gasteiger partial charge on any atom is 0.128 e. The third-order valence-corrected chi connectivity index (χ3v) is 6.04. The van der Waals surface area contributed by atoms with Gasteiger partial charge < -0.3 is 4.74 Å². The Balaban J connectivity index is 3.02. The molecule has 0 aliphatic heterocycles. The highest BCUT2D eigenvalue weighted by atomic mass is 32.1. The summed E-state index contributed by atoms with van der Waals surface area (Å²) in [7, 11) is 0.589. The van der Waals surface area contributed by atoms with Gasteiger partial charge in [0.05, 0.1) is 15.2 Å². The van der Waals surface area contributed by atoms with Crippen LogP contribution in [0.25, 0.3) is 0 Å². The summed E-state index contributed by atoms with van der Waals surface area (Å²) < 4.78 is 6.72. The van der Waals surface area contributed by atoms with Gasteiger partial charge in [0, 0.05) is 4.50 Å². The van der Waals surface area contributed by atoms with Gasteiger partial charge in [-0.2, -0.15) is 0 Å². The fraction of sp³-hybridized carbons (Fsp3) is 0.500. The van der Waals surface area contributed by atoms with Crippen molar-refractivity contribution in [2.45, 2.75) is 19.6 Å². The van der Waals surface area contributed by atoms with E-state index in [9.17, 15) is 0 Å². The van der Waals surface area contributed by atoms with Crippen LogP contribution in [0.3, 0.4) is 0 Å². The Morgan fingerprint density at radius 2 is 2.00 bits per heavy atom. The van der Waals surface area contributed by atoms with E-state index >= 15 is 0 Å². The van der Waals surface area contributed by atoms with Crippen molar-refractivity contribution in [3.05, 3.63) is 11.4 Å². The van der Waals surface area contributed by atoms with Crippen LogP contribution < -0.4 is 9.24 Å². The zero-order valence-electron chi connectivity index (χ0n) is 7.47. The van der Waals surface area contributed by atoms with E-state index in [4.69, 9.17) is 4.74 Å². The molecule has 1 nitrogen and oxygen atoms in total. The Morgan fingerprint density at radius 1 is 1.36 bits per heavy atom. The largest absolute Gasteiger partial charge is 0.496 e. The molecule has 3 heteroatoms. The van der Waals surface area contributed by atoms with Crippen LogP contribution in [0.2, 0.25) is 19.6 Å². The second kappa shape index (κ2) is 2.99. The Kier molecular flexibility index (Phi) is 2.39. The maximum absolute atomic E-state index is 5.26.